The average molecular weight is 358 g/mol. The van der Waals surface area contributed by atoms with Crippen molar-refractivity contribution in [2.75, 3.05) is 6.61 Å². The molecule has 0 aromatic heterocycles. The van der Waals surface area contributed by atoms with E-state index in [0.29, 0.717) is 13.2 Å². The molecule has 0 amide bonds. The molecule has 0 radical (unpaired) electrons. The van der Waals surface area contributed by atoms with Gasteiger partial charge in [-0.1, -0.05) is 60.7 Å². The van der Waals surface area contributed by atoms with E-state index < -0.39 is 24.4 Å². The first kappa shape index (κ1) is 19.0. The van der Waals surface area contributed by atoms with Gasteiger partial charge in [0.2, 0.25) is 0 Å². The highest BCUT2D eigenvalue weighted by molar-refractivity contribution is 5.14. The Bertz CT molecular complexity index is 648. The topological polar surface area (TPSA) is 68.2 Å². The lowest BCUT2D eigenvalue weighted by atomic mass is 9.95. The van der Waals surface area contributed by atoms with Crippen molar-refractivity contribution in [3.05, 3.63) is 71.8 Å². The molecule has 1 aliphatic rings. The van der Waals surface area contributed by atoms with Crippen LogP contribution in [0.15, 0.2) is 60.7 Å². The number of hydrogen-bond donors (Lipinski definition) is 2. The van der Waals surface area contributed by atoms with Gasteiger partial charge in [-0.2, -0.15) is 0 Å². The Morgan fingerprint density at radius 1 is 0.846 bits per heavy atom. The van der Waals surface area contributed by atoms with Crippen LogP contribution in [0.25, 0.3) is 0 Å². The standard InChI is InChI=1S/C21H26O5/c1-15-20(24-13-16-8-4-2-5-9-16)21(19(23)18(12-22)26-15)25-14-17-10-6-3-7-11-17/h2-11,15,18-23H,12-14H2,1H3. The summed E-state index contributed by atoms with van der Waals surface area (Å²) in [7, 11) is 0. The summed E-state index contributed by atoms with van der Waals surface area (Å²) >= 11 is 0. The highest BCUT2D eigenvalue weighted by Gasteiger charge is 2.44. The smallest absolute Gasteiger partial charge is 0.115 e. The monoisotopic (exact) mass is 358 g/mol. The molecule has 0 spiro atoms. The summed E-state index contributed by atoms with van der Waals surface area (Å²) in [6.07, 6.45) is -2.96. The van der Waals surface area contributed by atoms with Crippen molar-refractivity contribution in [3.8, 4) is 0 Å². The SMILES string of the molecule is CC1OC(CO)C(O)C(OCc2ccccc2)C1OCc1ccccc1. The van der Waals surface area contributed by atoms with E-state index in [1.54, 1.807) is 0 Å². The fourth-order valence-electron chi connectivity index (χ4n) is 3.21. The first-order valence-corrected chi connectivity index (χ1v) is 8.94. The van der Waals surface area contributed by atoms with Crippen LogP contribution in [0.3, 0.4) is 0 Å². The van der Waals surface area contributed by atoms with Crippen LogP contribution in [-0.4, -0.2) is 47.3 Å². The van der Waals surface area contributed by atoms with Crippen molar-refractivity contribution in [1.29, 1.82) is 0 Å². The molecule has 5 nitrogen and oxygen atoms in total. The molecular weight excluding hydrogens is 332 g/mol. The molecule has 5 heteroatoms. The second-order valence-corrected chi connectivity index (χ2v) is 6.58. The van der Waals surface area contributed by atoms with Gasteiger partial charge < -0.3 is 24.4 Å². The molecule has 5 atom stereocenters. The molecule has 1 fully saturated rings. The van der Waals surface area contributed by atoms with E-state index in [1.165, 1.54) is 0 Å². The molecule has 1 saturated heterocycles. The second-order valence-electron chi connectivity index (χ2n) is 6.58. The lowest BCUT2D eigenvalue weighted by molar-refractivity contribution is -0.253. The first-order valence-electron chi connectivity index (χ1n) is 8.94. The van der Waals surface area contributed by atoms with Crippen LogP contribution >= 0.6 is 0 Å². The number of hydrogen-bond acceptors (Lipinski definition) is 5. The first-order chi connectivity index (χ1) is 12.7. The summed E-state index contributed by atoms with van der Waals surface area (Å²) in [5, 5.41) is 20.1. The Balaban J connectivity index is 1.69. The van der Waals surface area contributed by atoms with Crippen molar-refractivity contribution in [2.24, 2.45) is 0 Å². The van der Waals surface area contributed by atoms with Crippen LogP contribution in [0.2, 0.25) is 0 Å². The quantitative estimate of drug-likeness (QED) is 0.795. The molecule has 26 heavy (non-hydrogen) atoms. The van der Waals surface area contributed by atoms with Gasteiger partial charge in [-0.25, -0.2) is 0 Å². The fraction of sp³-hybridized carbons (Fsp3) is 0.429. The maximum Gasteiger partial charge on any atom is 0.115 e. The minimum atomic E-state index is -0.958. The van der Waals surface area contributed by atoms with Gasteiger partial charge in [0.15, 0.2) is 0 Å². The van der Waals surface area contributed by atoms with E-state index in [9.17, 15) is 10.2 Å². The van der Waals surface area contributed by atoms with Crippen LogP contribution < -0.4 is 0 Å². The zero-order valence-electron chi connectivity index (χ0n) is 14.9. The van der Waals surface area contributed by atoms with Crippen LogP contribution in [0.5, 0.6) is 0 Å². The molecule has 2 N–H and O–H groups in total. The highest BCUT2D eigenvalue weighted by atomic mass is 16.6. The van der Waals surface area contributed by atoms with Gasteiger partial charge in [-0.3, -0.25) is 0 Å². The lowest BCUT2D eigenvalue weighted by Crippen LogP contribution is -2.59. The van der Waals surface area contributed by atoms with Crippen LogP contribution in [-0.2, 0) is 27.4 Å². The van der Waals surface area contributed by atoms with Gasteiger partial charge in [0.1, 0.15) is 24.4 Å². The predicted octanol–water partition coefficient (Wildman–Crippen LogP) is 2.30. The summed E-state index contributed by atoms with van der Waals surface area (Å²) in [6, 6.07) is 19.6. The Hall–Kier alpha value is -1.76. The van der Waals surface area contributed by atoms with Gasteiger partial charge in [-0.05, 0) is 18.1 Å². The van der Waals surface area contributed by atoms with Crippen LogP contribution in [0, 0.1) is 0 Å². The van der Waals surface area contributed by atoms with Gasteiger partial charge in [0.05, 0.1) is 25.9 Å². The molecule has 140 valence electrons. The fourth-order valence-corrected chi connectivity index (χ4v) is 3.21. The Labute approximate surface area is 154 Å². The number of aliphatic hydroxyl groups excluding tert-OH is 2. The van der Waals surface area contributed by atoms with Crippen LogP contribution in [0.4, 0.5) is 0 Å². The van der Waals surface area contributed by atoms with Gasteiger partial charge >= 0.3 is 0 Å². The third-order valence-corrected chi connectivity index (χ3v) is 4.64. The second kappa shape index (κ2) is 9.26. The van der Waals surface area contributed by atoms with Crippen molar-refractivity contribution >= 4 is 0 Å². The molecule has 5 unspecified atom stereocenters. The molecule has 1 aliphatic heterocycles. The van der Waals surface area contributed by atoms with E-state index >= 15 is 0 Å². The average Bonchev–Trinajstić information content (AvgIpc) is 2.69. The van der Waals surface area contributed by atoms with E-state index in [1.807, 2.05) is 67.6 Å². The molecule has 2 aromatic carbocycles. The van der Waals surface area contributed by atoms with Crippen molar-refractivity contribution in [3.63, 3.8) is 0 Å². The maximum atomic E-state index is 10.6. The van der Waals surface area contributed by atoms with Gasteiger partial charge in [-0.15, -0.1) is 0 Å². The van der Waals surface area contributed by atoms with Crippen molar-refractivity contribution in [1.82, 2.24) is 0 Å². The molecule has 3 rings (SSSR count). The number of aliphatic hydroxyl groups is 2. The minimum absolute atomic E-state index is 0.262. The largest absolute Gasteiger partial charge is 0.394 e. The zero-order valence-corrected chi connectivity index (χ0v) is 14.9. The maximum absolute atomic E-state index is 10.6. The van der Waals surface area contributed by atoms with Crippen molar-refractivity contribution < 1.29 is 24.4 Å². The van der Waals surface area contributed by atoms with Crippen LogP contribution in [0.1, 0.15) is 18.1 Å². The van der Waals surface area contributed by atoms with Crippen molar-refractivity contribution in [2.45, 2.75) is 50.7 Å². The third-order valence-electron chi connectivity index (χ3n) is 4.64. The summed E-state index contributed by atoms with van der Waals surface area (Å²) in [5.41, 5.74) is 2.06. The summed E-state index contributed by atoms with van der Waals surface area (Å²) in [6.45, 7) is 2.38. The molecule has 2 aromatic rings. The third kappa shape index (κ3) is 4.69. The Morgan fingerprint density at radius 2 is 1.35 bits per heavy atom. The number of benzene rings is 2. The number of ether oxygens (including phenoxy) is 3. The normalized spacial score (nSPS) is 28.8. The van der Waals surface area contributed by atoms with Gasteiger partial charge in [0, 0.05) is 0 Å². The molecule has 0 saturated carbocycles. The zero-order chi connectivity index (χ0) is 18.4. The molecule has 0 bridgehead atoms. The Morgan fingerprint density at radius 3 is 1.85 bits per heavy atom. The van der Waals surface area contributed by atoms with E-state index in [-0.39, 0.29) is 12.7 Å². The number of rotatable bonds is 7. The summed E-state index contributed by atoms with van der Waals surface area (Å²) in [5.74, 6) is 0. The van der Waals surface area contributed by atoms with E-state index in [4.69, 9.17) is 14.2 Å². The molecular formula is C21H26O5. The van der Waals surface area contributed by atoms with Gasteiger partial charge in [0.25, 0.3) is 0 Å². The predicted molar refractivity (Wildman–Crippen MR) is 97.5 cm³/mol. The van der Waals surface area contributed by atoms with E-state index in [0.717, 1.165) is 11.1 Å². The summed E-state index contributed by atoms with van der Waals surface area (Å²) in [4.78, 5) is 0. The highest BCUT2D eigenvalue weighted by Crippen LogP contribution is 2.27. The Kier molecular flexibility index (Phi) is 6.77. The van der Waals surface area contributed by atoms with E-state index in [2.05, 4.69) is 0 Å². The molecule has 1 heterocycles. The molecule has 0 aliphatic carbocycles. The minimum Gasteiger partial charge on any atom is -0.394 e. The lowest BCUT2D eigenvalue weighted by Gasteiger charge is -2.43. The summed E-state index contributed by atoms with van der Waals surface area (Å²) < 4.78 is 17.8.